The highest BCUT2D eigenvalue weighted by Gasteiger charge is 2.22. The van der Waals surface area contributed by atoms with E-state index >= 15 is 0 Å². The predicted octanol–water partition coefficient (Wildman–Crippen LogP) is 2.13. The summed E-state index contributed by atoms with van der Waals surface area (Å²) >= 11 is 0. The van der Waals surface area contributed by atoms with Crippen LogP contribution < -0.4 is 5.32 Å². The first kappa shape index (κ1) is 18.0. The fourth-order valence-corrected chi connectivity index (χ4v) is 3.53. The van der Waals surface area contributed by atoms with E-state index in [1.807, 2.05) is 24.4 Å². The molecule has 7 nitrogen and oxygen atoms in total. The van der Waals surface area contributed by atoms with Crippen LogP contribution in [0.4, 0.5) is 5.69 Å². The number of aromatic amines is 1. The van der Waals surface area contributed by atoms with Crippen LogP contribution in [0.15, 0.2) is 48.8 Å². The Balaban J connectivity index is 1.36. The summed E-state index contributed by atoms with van der Waals surface area (Å²) in [5.41, 5.74) is 3.71. The number of benzene rings is 1. The molecule has 3 aromatic rings. The number of nitrogens with one attached hydrogen (secondary N) is 2. The minimum atomic E-state index is -0.0918. The van der Waals surface area contributed by atoms with Crippen molar-refractivity contribution >= 4 is 28.9 Å². The first-order valence-electron chi connectivity index (χ1n) is 9.48. The van der Waals surface area contributed by atoms with Gasteiger partial charge in [-0.15, -0.1) is 0 Å². The van der Waals surface area contributed by atoms with Gasteiger partial charge in [-0.05, 0) is 30.2 Å². The molecule has 3 heterocycles. The summed E-state index contributed by atoms with van der Waals surface area (Å²) < 4.78 is 0. The Bertz CT molecular complexity index is 976. The van der Waals surface area contributed by atoms with Gasteiger partial charge in [0.05, 0.1) is 0 Å². The molecule has 1 aliphatic rings. The minimum absolute atomic E-state index is 0.0918. The molecule has 1 fully saturated rings. The molecule has 0 saturated carbocycles. The lowest BCUT2D eigenvalue weighted by Crippen LogP contribution is -2.48. The van der Waals surface area contributed by atoms with Gasteiger partial charge in [0.15, 0.2) is 0 Å². The molecule has 1 aliphatic heterocycles. The van der Waals surface area contributed by atoms with Crippen LogP contribution >= 0.6 is 0 Å². The van der Waals surface area contributed by atoms with Gasteiger partial charge in [-0.25, -0.2) is 0 Å². The van der Waals surface area contributed by atoms with Gasteiger partial charge in [-0.1, -0.05) is 18.2 Å². The van der Waals surface area contributed by atoms with Gasteiger partial charge in [-0.3, -0.25) is 14.6 Å². The third kappa shape index (κ3) is 3.83. The van der Waals surface area contributed by atoms with Crippen molar-refractivity contribution in [3.63, 3.8) is 0 Å². The number of pyridine rings is 1. The van der Waals surface area contributed by atoms with E-state index in [2.05, 4.69) is 27.4 Å². The Morgan fingerprint density at radius 2 is 2.00 bits per heavy atom. The van der Waals surface area contributed by atoms with E-state index in [9.17, 15) is 9.59 Å². The standard InChI is InChI=1S/C21H23N5O2/c27-15-25-9-11-26(12-10-25)21(28)20-13-17(6-8-23-20)22-7-5-16-14-24-19-4-2-1-3-18(16)19/h1-4,6,8,13-15,24H,5,7,9-12H2,(H,22,23). The molecule has 4 rings (SSSR count). The molecule has 7 heteroatoms. The van der Waals surface area contributed by atoms with Crippen LogP contribution in [-0.4, -0.2) is 64.8 Å². The molecule has 0 spiro atoms. The molecule has 1 aromatic carbocycles. The molecular weight excluding hydrogens is 354 g/mol. The molecule has 2 amide bonds. The number of aromatic nitrogens is 2. The maximum atomic E-state index is 12.7. The molecule has 2 N–H and O–H groups in total. The number of H-pyrrole nitrogens is 1. The molecule has 0 aliphatic carbocycles. The highest BCUT2D eigenvalue weighted by Crippen LogP contribution is 2.18. The number of amides is 2. The average molecular weight is 377 g/mol. The Hall–Kier alpha value is -3.35. The second-order valence-electron chi connectivity index (χ2n) is 6.90. The number of rotatable bonds is 6. The van der Waals surface area contributed by atoms with E-state index in [0.29, 0.717) is 31.9 Å². The van der Waals surface area contributed by atoms with Crippen molar-refractivity contribution in [1.29, 1.82) is 0 Å². The van der Waals surface area contributed by atoms with Crippen molar-refractivity contribution in [2.75, 3.05) is 38.0 Å². The summed E-state index contributed by atoms with van der Waals surface area (Å²) in [4.78, 5) is 34.4. The number of carbonyl (C=O) groups is 2. The SMILES string of the molecule is O=CN1CCN(C(=O)c2cc(NCCc3c[nH]c4ccccc34)ccn2)CC1. The number of hydrogen-bond acceptors (Lipinski definition) is 4. The molecule has 0 radical (unpaired) electrons. The number of piperazine rings is 1. The summed E-state index contributed by atoms with van der Waals surface area (Å²) in [6.07, 6.45) is 5.41. The Labute approximate surface area is 163 Å². The van der Waals surface area contributed by atoms with E-state index in [4.69, 9.17) is 0 Å². The average Bonchev–Trinajstić information content (AvgIpc) is 3.17. The summed E-state index contributed by atoms with van der Waals surface area (Å²) in [7, 11) is 0. The largest absolute Gasteiger partial charge is 0.385 e. The van der Waals surface area contributed by atoms with E-state index in [0.717, 1.165) is 30.6 Å². The summed E-state index contributed by atoms with van der Waals surface area (Å²) in [6.45, 7) is 2.97. The molecular formula is C21H23N5O2. The molecule has 0 unspecified atom stereocenters. The molecule has 144 valence electrons. The first-order valence-corrected chi connectivity index (χ1v) is 9.48. The monoisotopic (exact) mass is 377 g/mol. The van der Waals surface area contributed by atoms with Crippen LogP contribution in [0, 0.1) is 0 Å². The third-order valence-corrected chi connectivity index (χ3v) is 5.13. The topological polar surface area (TPSA) is 81.3 Å². The van der Waals surface area contributed by atoms with Crippen LogP contribution in [0.2, 0.25) is 0 Å². The van der Waals surface area contributed by atoms with Gasteiger partial charge in [0, 0.05) is 61.7 Å². The van der Waals surface area contributed by atoms with Crippen LogP contribution in [0.5, 0.6) is 0 Å². The van der Waals surface area contributed by atoms with Gasteiger partial charge in [0.1, 0.15) is 5.69 Å². The molecule has 1 saturated heterocycles. The normalized spacial score (nSPS) is 14.3. The Morgan fingerprint density at radius 3 is 2.82 bits per heavy atom. The van der Waals surface area contributed by atoms with Crippen LogP contribution in [0.3, 0.4) is 0 Å². The number of carbonyl (C=O) groups excluding carboxylic acids is 2. The zero-order valence-corrected chi connectivity index (χ0v) is 15.6. The molecule has 0 atom stereocenters. The highest BCUT2D eigenvalue weighted by molar-refractivity contribution is 5.93. The second kappa shape index (κ2) is 8.12. The minimum Gasteiger partial charge on any atom is -0.385 e. The summed E-state index contributed by atoms with van der Waals surface area (Å²) in [6, 6.07) is 11.9. The first-order chi connectivity index (χ1) is 13.7. The maximum Gasteiger partial charge on any atom is 0.272 e. The Morgan fingerprint density at radius 1 is 1.18 bits per heavy atom. The summed E-state index contributed by atoms with van der Waals surface area (Å²) in [5.74, 6) is -0.0918. The second-order valence-corrected chi connectivity index (χ2v) is 6.90. The lowest BCUT2D eigenvalue weighted by molar-refractivity contribution is -0.119. The fourth-order valence-electron chi connectivity index (χ4n) is 3.53. The van der Waals surface area contributed by atoms with Gasteiger partial charge >= 0.3 is 0 Å². The number of anilines is 1. The quantitative estimate of drug-likeness (QED) is 0.645. The molecule has 0 bridgehead atoms. The molecule has 28 heavy (non-hydrogen) atoms. The lowest BCUT2D eigenvalue weighted by Gasteiger charge is -2.32. The van der Waals surface area contributed by atoms with E-state index in [1.165, 1.54) is 10.9 Å². The number of nitrogens with zero attached hydrogens (tertiary/aromatic N) is 3. The van der Waals surface area contributed by atoms with Crippen molar-refractivity contribution in [3.05, 3.63) is 60.0 Å². The van der Waals surface area contributed by atoms with Crippen LogP contribution in [0.1, 0.15) is 16.1 Å². The number of fused-ring (bicyclic) bond motifs is 1. The van der Waals surface area contributed by atoms with Crippen molar-refractivity contribution in [3.8, 4) is 0 Å². The zero-order valence-electron chi connectivity index (χ0n) is 15.6. The van der Waals surface area contributed by atoms with E-state index in [1.54, 1.807) is 22.1 Å². The summed E-state index contributed by atoms with van der Waals surface area (Å²) in [5, 5.41) is 4.62. The Kier molecular flexibility index (Phi) is 5.23. The highest BCUT2D eigenvalue weighted by atomic mass is 16.2. The van der Waals surface area contributed by atoms with Crippen molar-refractivity contribution in [2.45, 2.75) is 6.42 Å². The number of hydrogen-bond donors (Lipinski definition) is 2. The van der Waals surface area contributed by atoms with Crippen molar-refractivity contribution in [2.24, 2.45) is 0 Å². The van der Waals surface area contributed by atoms with Crippen LogP contribution in [0.25, 0.3) is 10.9 Å². The van der Waals surface area contributed by atoms with Crippen molar-refractivity contribution < 1.29 is 9.59 Å². The number of para-hydroxylation sites is 1. The molecule has 2 aromatic heterocycles. The van der Waals surface area contributed by atoms with Gasteiger partial charge in [0.2, 0.25) is 6.41 Å². The zero-order chi connectivity index (χ0) is 19.3. The fraction of sp³-hybridized carbons (Fsp3) is 0.286. The van der Waals surface area contributed by atoms with Gasteiger partial charge in [-0.2, -0.15) is 0 Å². The van der Waals surface area contributed by atoms with E-state index in [-0.39, 0.29) is 5.91 Å². The van der Waals surface area contributed by atoms with Crippen LogP contribution in [-0.2, 0) is 11.2 Å². The third-order valence-electron chi connectivity index (χ3n) is 5.13. The predicted molar refractivity (Wildman–Crippen MR) is 108 cm³/mol. The van der Waals surface area contributed by atoms with E-state index < -0.39 is 0 Å². The smallest absolute Gasteiger partial charge is 0.272 e. The van der Waals surface area contributed by atoms with Crippen molar-refractivity contribution in [1.82, 2.24) is 19.8 Å². The van der Waals surface area contributed by atoms with Gasteiger partial charge < -0.3 is 20.1 Å². The van der Waals surface area contributed by atoms with Gasteiger partial charge in [0.25, 0.3) is 5.91 Å². The lowest BCUT2D eigenvalue weighted by atomic mass is 10.1. The maximum absolute atomic E-state index is 12.7.